The lowest BCUT2D eigenvalue weighted by atomic mass is 9.79. The molecule has 268 valence electrons. The van der Waals surface area contributed by atoms with Crippen molar-refractivity contribution < 1.29 is 14.7 Å². The van der Waals surface area contributed by atoms with Gasteiger partial charge in [-0.1, -0.05) is 54.6 Å². The Kier molecular flexibility index (Phi) is 9.17. The molecule has 0 radical (unpaired) electrons. The molecule has 2 atom stereocenters. The van der Waals surface area contributed by atoms with Crippen molar-refractivity contribution in [3.05, 3.63) is 143 Å². The van der Waals surface area contributed by atoms with Crippen LogP contribution in [-0.4, -0.2) is 82.6 Å². The summed E-state index contributed by atoms with van der Waals surface area (Å²) < 4.78 is 3.36. The quantitative estimate of drug-likeness (QED) is 0.240. The van der Waals surface area contributed by atoms with Crippen molar-refractivity contribution in [1.82, 2.24) is 33.9 Å². The number of amides is 2. The van der Waals surface area contributed by atoms with E-state index in [9.17, 15) is 19.5 Å². The second kappa shape index (κ2) is 14.2. The Morgan fingerprint density at radius 1 is 0.849 bits per heavy atom. The lowest BCUT2D eigenvalue weighted by molar-refractivity contribution is -0.142. The normalized spacial score (nSPS) is 18.6. The summed E-state index contributed by atoms with van der Waals surface area (Å²) in [5.41, 5.74) is 4.24. The topological polar surface area (TPSA) is 126 Å². The van der Waals surface area contributed by atoms with E-state index in [0.717, 1.165) is 28.1 Å². The third-order valence-electron chi connectivity index (χ3n) is 10.8. The van der Waals surface area contributed by atoms with E-state index in [2.05, 4.69) is 15.0 Å². The second-order valence-corrected chi connectivity index (χ2v) is 14.3. The number of aryl methyl sites for hydroxylation is 1. The number of likely N-dealkylation sites (tertiary alicyclic amines) is 2. The van der Waals surface area contributed by atoms with Crippen molar-refractivity contribution in [2.75, 3.05) is 26.2 Å². The largest absolute Gasteiger partial charge is 0.388 e. The van der Waals surface area contributed by atoms with Gasteiger partial charge in [-0.05, 0) is 62.1 Å². The zero-order valence-corrected chi connectivity index (χ0v) is 29.6. The van der Waals surface area contributed by atoms with Crippen LogP contribution < -0.4 is 5.56 Å². The van der Waals surface area contributed by atoms with E-state index in [-0.39, 0.29) is 35.8 Å². The van der Waals surface area contributed by atoms with Gasteiger partial charge in [0.05, 0.1) is 23.1 Å². The number of hydrogen-bond acceptors (Lipinski definition) is 7. The lowest BCUT2D eigenvalue weighted by Gasteiger charge is -2.43. The number of piperidine rings is 2. The van der Waals surface area contributed by atoms with Crippen LogP contribution in [0.5, 0.6) is 0 Å². The van der Waals surface area contributed by atoms with Crippen molar-refractivity contribution in [2.45, 2.75) is 44.2 Å². The third kappa shape index (κ3) is 6.87. The standard InChI is InChI=1S/C42H41N7O4/c1-29-12-13-31(25-44-29)32-22-33(24-43-23-32)39(50)47-18-14-35(37(26-47)30-8-4-2-5-9-30)40(51)46-20-16-42(53,17-21-46)27-48-28-45-38-36(41(48)52)15-19-49(38)34-10-6-3-7-11-34/h2-13,15,19,22-25,28,35,37,53H,14,16-18,20-21,26-27H2,1H3/t35-,37+/m1/s1. The molecule has 2 amide bonds. The Morgan fingerprint density at radius 3 is 2.34 bits per heavy atom. The van der Waals surface area contributed by atoms with Crippen molar-refractivity contribution >= 4 is 22.8 Å². The number of benzene rings is 2. The molecule has 1 N–H and O–H groups in total. The highest BCUT2D eigenvalue weighted by atomic mass is 16.3. The molecule has 0 bridgehead atoms. The SMILES string of the molecule is Cc1ccc(-c2cncc(C(=O)N3CC[C@@H](C(=O)N4CCC(O)(Cn5cnc6c(ccn6-c6ccccc6)c5=O)CC4)[C@H](c4ccccc4)C3)c2)cn1. The number of hydrogen-bond donors (Lipinski definition) is 1. The van der Waals surface area contributed by atoms with Crippen LogP contribution in [0, 0.1) is 12.8 Å². The van der Waals surface area contributed by atoms with E-state index in [1.807, 2.05) is 106 Å². The molecule has 2 aliphatic heterocycles. The van der Waals surface area contributed by atoms with E-state index < -0.39 is 5.60 Å². The van der Waals surface area contributed by atoms with E-state index >= 15 is 0 Å². The molecular formula is C42H41N7O4. The van der Waals surface area contributed by atoms with Crippen molar-refractivity contribution in [2.24, 2.45) is 5.92 Å². The molecule has 4 aromatic heterocycles. The predicted octanol–water partition coefficient (Wildman–Crippen LogP) is 5.25. The number of carbonyl (C=O) groups excluding carboxylic acids is 2. The molecule has 11 heteroatoms. The van der Waals surface area contributed by atoms with Gasteiger partial charge in [-0.2, -0.15) is 0 Å². The Hall–Kier alpha value is -5.94. The van der Waals surface area contributed by atoms with Crippen LogP contribution in [0.4, 0.5) is 0 Å². The number of pyridine rings is 2. The van der Waals surface area contributed by atoms with E-state index in [1.165, 1.54) is 10.9 Å². The summed E-state index contributed by atoms with van der Waals surface area (Å²) in [4.78, 5) is 58.7. The Balaban J connectivity index is 0.952. The number of aromatic nitrogens is 5. The first-order valence-electron chi connectivity index (χ1n) is 18.1. The van der Waals surface area contributed by atoms with Crippen LogP contribution in [0.3, 0.4) is 0 Å². The predicted molar refractivity (Wildman–Crippen MR) is 201 cm³/mol. The fourth-order valence-electron chi connectivity index (χ4n) is 7.82. The maximum absolute atomic E-state index is 14.3. The molecule has 0 aliphatic carbocycles. The Morgan fingerprint density at radius 2 is 1.60 bits per heavy atom. The van der Waals surface area contributed by atoms with Gasteiger partial charge < -0.3 is 19.5 Å². The first-order chi connectivity index (χ1) is 25.8. The highest BCUT2D eigenvalue weighted by Gasteiger charge is 2.42. The van der Waals surface area contributed by atoms with E-state index in [4.69, 9.17) is 0 Å². The molecule has 2 aromatic carbocycles. The van der Waals surface area contributed by atoms with E-state index in [1.54, 1.807) is 24.7 Å². The molecule has 0 unspecified atom stereocenters. The molecule has 0 saturated carbocycles. The molecule has 53 heavy (non-hydrogen) atoms. The number of nitrogens with zero attached hydrogens (tertiary/aromatic N) is 7. The van der Waals surface area contributed by atoms with Gasteiger partial charge in [0.1, 0.15) is 6.33 Å². The molecule has 11 nitrogen and oxygen atoms in total. The van der Waals surface area contributed by atoms with E-state index in [0.29, 0.717) is 62.0 Å². The summed E-state index contributed by atoms with van der Waals surface area (Å²) >= 11 is 0. The van der Waals surface area contributed by atoms with Crippen LogP contribution in [-0.2, 0) is 11.3 Å². The minimum Gasteiger partial charge on any atom is -0.388 e. The van der Waals surface area contributed by atoms with Crippen LogP contribution in [0.15, 0.2) is 121 Å². The number of fused-ring (bicyclic) bond motifs is 1. The van der Waals surface area contributed by atoms with Gasteiger partial charge in [0.25, 0.3) is 11.5 Å². The first kappa shape index (κ1) is 34.2. The van der Waals surface area contributed by atoms with Gasteiger partial charge in [-0.15, -0.1) is 0 Å². The Labute approximate surface area is 307 Å². The van der Waals surface area contributed by atoms with Crippen molar-refractivity contribution in [3.8, 4) is 16.8 Å². The van der Waals surface area contributed by atoms with Gasteiger partial charge in [-0.3, -0.25) is 28.9 Å². The van der Waals surface area contributed by atoms with Gasteiger partial charge in [-0.25, -0.2) is 4.98 Å². The van der Waals surface area contributed by atoms with Gasteiger partial charge in [0, 0.05) is 85.3 Å². The monoisotopic (exact) mass is 707 g/mol. The summed E-state index contributed by atoms with van der Waals surface area (Å²) in [5.74, 6) is -0.599. The fourth-order valence-corrected chi connectivity index (χ4v) is 7.82. The maximum atomic E-state index is 14.3. The minimum atomic E-state index is -1.16. The summed E-state index contributed by atoms with van der Waals surface area (Å²) in [6.45, 7) is 3.61. The summed E-state index contributed by atoms with van der Waals surface area (Å²) in [7, 11) is 0. The van der Waals surface area contributed by atoms with Crippen molar-refractivity contribution in [1.29, 1.82) is 0 Å². The number of aliphatic hydroxyl groups is 1. The first-order valence-corrected chi connectivity index (χ1v) is 18.1. The average Bonchev–Trinajstić information content (AvgIpc) is 3.64. The van der Waals surface area contributed by atoms with Crippen molar-refractivity contribution in [3.63, 3.8) is 0 Å². The summed E-state index contributed by atoms with van der Waals surface area (Å²) in [5, 5.41) is 12.2. The fraction of sp³-hybridized carbons (Fsp3) is 0.286. The molecular weight excluding hydrogens is 667 g/mol. The third-order valence-corrected chi connectivity index (χ3v) is 10.8. The zero-order chi connectivity index (χ0) is 36.5. The van der Waals surface area contributed by atoms with Crippen LogP contribution in [0.25, 0.3) is 27.8 Å². The molecule has 6 aromatic rings. The number of carbonyl (C=O) groups is 2. The molecule has 0 spiro atoms. The summed E-state index contributed by atoms with van der Waals surface area (Å²) in [6, 6.07) is 27.2. The van der Waals surface area contributed by atoms with Crippen LogP contribution >= 0.6 is 0 Å². The van der Waals surface area contributed by atoms with Gasteiger partial charge >= 0.3 is 0 Å². The molecule has 6 heterocycles. The van der Waals surface area contributed by atoms with Gasteiger partial charge in [0.2, 0.25) is 5.91 Å². The molecule has 2 fully saturated rings. The maximum Gasteiger partial charge on any atom is 0.262 e. The number of rotatable bonds is 7. The van der Waals surface area contributed by atoms with Gasteiger partial charge in [0.15, 0.2) is 5.65 Å². The lowest BCUT2D eigenvalue weighted by Crippen LogP contribution is -2.53. The second-order valence-electron chi connectivity index (χ2n) is 14.3. The molecule has 2 saturated heterocycles. The van der Waals surface area contributed by atoms with Crippen LogP contribution in [0.2, 0.25) is 0 Å². The number of para-hydroxylation sites is 1. The average molecular weight is 708 g/mol. The zero-order valence-electron chi connectivity index (χ0n) is 29.6. The smallest absolute Gasteiger partial charge is 0.262 e. The highest BCUT2D eigenvalue weighted by Crippen LogP contribution is 2.36. The molecule has 8 rings (SSSR count). The highest BCUT2D eigenvalue weighted by molar-refractivity contribution is 5.95. The molecule has 2 aliphatic rings. The minimum absolute atomic E-state index is 0.0334. The summed E-state index contributed by atoms with van der Waals surface area (Å²) in [6.07, 6.45) is 9.64. The Bertz CT molecular complexity index is 2310. The van der Waals surface area contributed by atoms with Crippen LogP contribution in [0.1, 0.15) is 46.8 Å².